The molecule has 8 heavy (non-hydrogen) atoms. The summed E-state index contributed by atoms with van der Waals surface area (Å²) >= 11 is 0. The van der Waals surface area contributed by atoms with Gasteiger partial charge in [0, 0.05) is 0 Å². The van der Waals surface area contributed by atoms with Gasteiger partial charge in [-0.2, -0.15) is 0 Å². The summed E-state index contributed by atoms with van der Waals surface area (Å²) in [4.78, 5) is 17.9. The van der Waals surface area contributed by atoms with Crippen LogP contribution in [0.2, 0.25) is 0 Å². The first kappa shape index (κ1) is 15.7. The molecule has 5 nitrogen and oxygen atoms in total. The van der Waals surface area contributed by atoms with Gasteiger partial charge in [0.2, 0.25) is 0 Å². The smallest absolute Gasteiger partial charge is 0.543 e. The summed E-state index contributed by atoms with van der Waals surface area (Å²) in [6.07, 6.45) is 0. The monoisotopic (exact) mass is 164 g/mol. The second-order valence-corrected chi connectivity index (χ2v) is 0.575. The molecule has 0 aliphatic heterocycles. The van der Waals surface area contributed by atoms with Crippen molar-refractivity contribution >= 4 is 11.9 Å². The Balaban J connectivity index is -0.000000125. The molecule has 0 fully saturated rings. The first-order valence-corrected chi connectivity index (χ1v) is 1.07. The molecule has 2 N–H and O–H groups in total. The van der Waals surface area contributed by atoms with Crippen LogP contribution >= 0.6 is 0 Å². The third-order valence-electron chi connectivity index (χ3n) is 0.167. The maximum absolute atomic E-state index is 8.93. The van der Waals surface area contributed by atoms with Crippen LogP contribution in [0.5, 0.6) is 0 Å². The molecule has 0 atom stereocenters. The molecule has 0 aliphatic carbocycles. The van der Waals surface area contributed by atoms with Gasteiger partial charge < -0.3 is 25.3 Å². The van der Waals surface area contributed by atoms with Crippen molar-refractivity contribution in [3.63, 3.8) is 0 Å². The quantitative estimate of drug-likeness (QED) is 0.266. The second kappa shape index (κ2) is 6.39. The Bertz CT molecular complexity index is 76.4. The van der Waals surface area contributed by atoms with Crippen LogP contribution in [0.25, 0.3) is 0 Å². The van der Waals surface area contributed by atoms with E-state index in [9.17, 15) is 0 Å². The van der Waals surface area contributed by atoms with Gasteiger partial charge in [-0.25, -0.2) is 0 Å². The predicted molar refractivity (Wildman–Crippen MR) is 13.6 cm³/mol. The van der Waals surface area contributed by atoms with E-state index >= 15 is 0 Å². The Kier molecular flexibility index (Phi) is 12.5. The average molecular weight is 165 g/mol. The summed E-state index contributed by atoms with van der Waals surface area (Å²) in [6, 6.07) is 0. The van der Waals surface area contributed by atoms with Crippen molar-refractivity contribution in [2.75, 3.05) is 0 Å². The molecule has 0 amide bonds. The van der Waals surface area contributed by atoms with Gasteiger partial charge in [-0.05, 0) is 0 Å². The van der Waals surface area contributed by atoms with Gasteiger partial charge in [0.25, 0.3) is 0 Å². The summed E-state index contributed by atoms with van der Waals surface area (Å²) < 4.78 is 0. The molecule has 0 aromatic heterocycles. The molecule has 0 bridgehead atoms. The van der Waals surface area contributed by atoms with Crippen molar-refractivity contribution < 1.29 is 41.8 Å². The van der Waals surface area contributed by atoms with Crippen LogP contribution in [0.3, 0.4) is 0 Å². The van der Waals surface area contributed by atoms with E-state index in [2.05, 4.69) is 0 Å². The molecule has 0 unspecified atom stereocenters. The SMILES string of the molecule is O.O=C([O-])C(=O)[O-].[Ni+2]. The van der Waals surface area contributed by atoms with Crippen LogP contribution in [-0.2, 0) is 26.1 Å². The van der Waals surface area contributed by atoms with E-state index in [-0.39, 0.29) is 22.0 Å². The van der Waals surface area contributed by atoms with E-state index in [1.807, 2.05) is 0 Å². The van der Waals surface area contributed by atoms with E-state index in [0.717, 1.165) is 0 Å². The van der Waals surface area contributed by atoms with Gasteiger partial charge in [0.1, 0.15) is 0 Å². The zero-order valence-corrected chi connectivity index (χ0v) is 4.44. The number of hydrogen-bond acceptors (Lipinski definition) is 4. The summed E-state index contributed by atoms with van der Waals surface area (Å²) in [5, 5.41) is 17.9. The van der Waals surface area contributed by atoms with Gasteiger partial charge in [-0.1, -0.05) is 0 Å². The van der Waals surface area contributed by atoms with Crippen molar-refractivity contribution in [2.45, 2.75) is 0 Å². The van der Waals surface area contributed by atoms with Crippen molar-refractivity contribution in [2.24, 2.45) is 0 Å². The van der Waals surface area contributed by atoms with E-state index in [4.69, 9.17) is 19.8 Å². The van der Waals surface area contributed by atoms with E-state index in [1.54, 1.807) is 0 Å². The largest absolute Gasteiger partial charge is 2.00 e. The van der Waals surface area contributed by atoms with Crippen molar-refractivity contribution in [3.8, 4) is 0 Å². The molecule has 50 valence electrons. The van der Waals surface area contributed by atoms with E-state index < -0.39 is 11.9 Å². The molecule has 6 heteroatoms. The molecular weight excluding hydrogens is 163 g/mol. The molecule has 0 saturated carbocycles. The number of aliphatic carboxylic acids is 2. The molecule has 0 heterocycles. The first-order chi connectivity index (χ1) is 2.64. The number of carbonyl (C=O) groups is 2. The molecule has 0 aliphatic rings. The Morgan fingerprint density at radius 1 is 1.00 bits per heavy atom. The van der Waals surface area contributed by atoms with Crippen LogP contribution in [0.1, 0.15) is 0 Å². The zero-order valence-electron chi connectivity index (χ0n) is 3.45. The Labute approximate surface area is 54.5 Å². The third kappa shape index (κ3) is 9.04. The summed E-state index contributed by atoms with van der Waals surface area (Å²) in [5.74, 6) is -4.37. The van der Waals surface area contributed by atoms with E-state index in [1.165, 1.54) is 0 Å². The van der Waals surface area contributed by atoms with Crippen LogP contribution in [-0.4, -0.2) is 17.4 Å². The summed E-state index contributed by atoms with van der Waals surface area (Å²) in [7, 11) is 0. The number of hydrogen-bond donors (Lipinski definition) is 0. The van der Waals surface area contributed by atoms with Gasteiger partial charge in [0.15, 0.2) is 0 Å². The molecule has 0 aromatic carbocycles. The Morgan fingerprint density at radius 3 is 1.12 bits per heavy atom. The Morgan fingerprint density at radius 2 is 1.12 bits per heavy atom. The summed E-state index contributed by atoms with van der Waals surface area (Å²) in [6.45, 7) is 0. The van der Waals surface area contributed by atoms with Crippen LogP contribution in [0, 0.1) is 0 Å². The maximum atomic E-state index is 8.93. The van der Waals surface area contributed by atoms with Crippen LogP contribution in [0.4, 0.5) is 0 Å². The minimum atomic E-state index is -2.19. The number of carboxylic acid groups (broad SMARTS) is 2. The standard InChI is InChI=1S/C2H2O4.Ni.H2O/c3-1(4)2(5)6;;/h(H,3,4)(H,5,6);;1H2/q;+2;/p-2. The predicted octanol–water partition coefficient (Wildman–Crippen LogP) is -4.34. The second-order valence-electron chi connectivity index (χ2n) is 0.575. The van der Waals surface area contributed by atoms with Crippen molar-refractivity contribution in [1.29, 1.82) is 0 Å². The van der Waals surface area contributed by atoms with Gasteiger partial charge in [-0.15, -0.1) is 0 Å². The van der Waals surface area contributed by atoms with Crippen molar-refractivity contribution in [1.82, 2.24) is 0 Å². The normalized spacial score (nSPS) is 5.50. The van der Waals surface area contributed by atoms with Gasteiger partial charge >= 0.3 is 16.5 Å². The topological polar surface area (TPSA) is 112 Å². The van der Waals surface area contributed by atoms with Crippen molar-refractivity contribution in [3.05, 3.63) is 0 Å². The first-order valence-electron chi connectivity index (χ1n) is 1.07. The minimum absolute atomic E-state index is 0. The van der Waals surface area contributed by atoms with Crippen LogP contribution < -0.4 is 10.2 Å². The number of carboxylic acids is 2. The zero-order chi connectivity index (χ0) is 5.15. The van der Waals surface area contributed by atoms with Gasteiger partial charge in [-0.3, -0.25) is 0 Å². The molecule has 0 radical (unpaired) electrons. The fourth-order valence-corrected chi connectivity index (χ4v) is 0. The third-order valence-corrected chi connectivity index (χ3v) is 0.167. The van der Waals surface area contributed by atoms with Crippen LogP contribution in [0.15, 0.2) is 0 Å². The molecule has 0 spiro atoms. The van der Waals surface area contributed by atoms with E-state index in [0.29, 0.717) is 0 Å². The fourth-order valence-electron chi connectivity index (χ4n) is 0. The molecule has 0 aromatic rings. The summed E-state index contributed by atoms with van der Waals surface area (Å²) in [5.41, 5.74) is 0. The Hall–Kier alpha value is -0.606. The fraction of sp³-hybridized carbons (Fsp3) is 0. The number of carbonyl (C=O) groups excluding carboxylic acids is 2. The molecular formula is C2H2NiO5. The molecule has 0 rings (SSSR count). The number of rotatable bonds is 0. The minimum Gasteiger partial charge on any atom is -0.543 e. The maximum Gasteiger partial charge on any atom is 2.00 e. The average Bonchev–Trinajstić information content (AvgIpc) is 1.36. The van der Waals surface area contributed by atoms with Gasteiger partial charge in [0.05, 0.1) is 11.9 Å². The molecule has 0 saturated heterocycles.